The molecule has 5 nitrogen and oxygen atoms in total. The molecule has 0 saturated heterocycles. The van der Waals surface area contributed by atoms with Gasteiger partial charge in [-0.15, -0.1) is 0 Å². The lowest BCUT2D eigenvalue weighted by Crippen LogP contribution is -2.22. The summed E-state index contributed by atoms with van der Waals surface area (Å²) in [7, 11) is 1.49. The van der Waals surface area contributed by atoms with Gasteiger partial charge < -0.3 is 10.1 Å². The van der Waals surface area contributed by atoms with Gasteiger partial charge in [-0.05, 0) is 53.9 Å². The van der Waals surface area contributed by atoms with Crippen LogP contribution in [0.5, 0.6) is 5.75 Å². The lowest BCUT2D eigenvalue weighted by atomic mass is 10.0. The van der Waals surface area contributed by atoms with Crippen molar-refractivity contribution < 1.29 is 13.9 Å². The molecule has 0 fully saturated rings. The fourth-order valence-corrected chi connectivity index (χ4v) is 2.78. The van der Waals surface area contributed by atoms with E-state index in [1.54, 1.807) is 36.8 Å². The van der Waals surface area contributed by atoms with E-state index in [1.807, 2.05) is 19.1 Å². The minimum Gasteiger partial charge on any atom is -0.496 e. The quantitative estimate of drug-likeness (QED) is 0.714. The summed E-state index contributed by atoms with van der Waals surface area (Å²) >= 11 is 0. The number of hydrogen-bond acceptors (Lipinski definition) is 4. The molecule has 0 saturated carbocycles. The van der Waals surface area contributed by atoms with Gasteiger partial charge in [-0.2, -0.15) is 0 Å². The molecule has 0 aliphatic carbocycles. The second-order valence-corrected chi connectivity index (χ2v) is 6.22. The van der Waals surface area contributed by atoms with Crippen LogP contribution >= 0.6 is 0 Å². The third-order valence-corrected chi connectivity index (χ3v) is 4.22. The largest absolute Gasteiger partial charge is 0.496 e. The van der Waals surface area contributed by atoms with Crippen LogP contribution in [-0.2, 0) is 11.2 Å². The highest BCUT2D eigenvalue weighted by molar-refractivity contribution is 5.92. The maximum Gasteiger partial charge on any atom is 0.228 e. The van der Waals surface area contributed by atoms with Gasteiger partial charge in [0.05, 0.1) is 7.11 Å². The van der Waals surface area contributed by atoms with E-state index < -0.39 is 0 Å². The number of pyridine rings is 2. The van der Waals surface area contributed by atoms with Gasteiger partial charge in [-0.3, -0.25) is 9.78 Å². The maximum absolute atomic E-state index is 13.4. The first-order valence-corrected chi connectivity index (χ1v) is 8.56. The lowest BCUT2D eigenvalue weighted by molar-refractivity contribution is -0.119. The molecule has 6 heteroatoms. The average Bonchev–Trinajstić information content (AvgIpc) is 2.68. The fraction of sp³-hybridized carbons (Fsp3) is 0.190. The Morgan fingerprint density at radius 2 is 1.93 bits per heavy atom. The van der Waals surface area contributed by atoms with E-state index in [1.165, 1.54) is 19.2 Å². The van der Waals surface area contributed by atoms with Crippen LogP contribution < -0.4 is 10.1 Å². The van der Waals surface area contributed by atoms with Crippen molar-refractivity contribution in [3.05, 3.63) is 72.4 Å². The molecular formula is C21H20FN3O2. The molecule has 0 spiro atoms. The first-order valence-electron chi connectivity index (χ1n) is 8.56. The summed E-state index contributed by atoms with van der Waals surface area (Å²) in [6, 6.07) is 11.6. The number of benzene rings is 1. The van der Waals surface area contributed by atoms with Gasteiger partial charge in [-0.1, -0.05) is 6.92 Å². The summed E-state index contributed by atoms with van der Waals surface area (Å²) < 4.78 is 18.7. The first-order chi connectivity index (χ1) is 13.1. The summed E-state index contributed by atoms with van der Waals surface area (Å²) in [4.78, 5) is 20.7. The normalized spacial score (nSPS) is 11.7. The third kappa shape index (κ3) is 4.67. The van der Waals surface area contributed by atoms with Gasteiger partial charge in [0, 0.05) is 36.1 Å². The Kier molecular flexibility index (Phi) is 5.76. The molecule has 1 amide bonds. The van der Waals surface area contributed by atoms with E-state index in [4.69, 9.17) is 4.74 Å². The van der Waals surface area contributed by atoms with E-state index >= 15 is 0 Å². The number of aromatic nitrogens is 2. The number of halogens is 1. The minimum atomic E-state index is -0.372. The van der Waals surface area contributed by atoms with Gasteiger partial charge in [0.25, 0.3) is 0 Å². The van der Waals surface area contributed by atoms with Gasteiger partial charge in [0.2, 0.25) is 5.91 Å². The smallest absolute Gasteiger partial charge is 0.228 e. The molecule has 3 aromatic rings. The molecule has 1 unspecified atom stereocenters. The van der Waals surface area contributed by atoms with Gasteiger partial charge in [0.1, 0.15) is 17.4 Å². The standard InChI is InChI=1S/C21H20FN3O2/c1-14(11-15-5-8-23-9-6-15)21(26)25-20-12-16(7-10-24-20)18-4-3-17(22)13-19(18)27-2/h3-10,12-14H,11H2,1-2H3,(H,24,25,26). The highest BCUT2D eigenvalue weighted by atomic mass is 19.1. The number of methoxy groups -OCH3 is 1. The van der Waals surface area contributed by atoms with Crippen molar-refractivity contribution in [1.82, 2.24) is 9.97 Å². The van der Waals surface area contributed by atoms with Gasteiger partial charge >= 0.3 is 0 Å². The second kappa shape index (κ2) is 8.40. The highest BCUT2D eigenvalue weighted by Gasteiger charge is 2.15. The molecule has 0 aliphatic heterocycles. The molecule has 1 atom stereocenters. The van der Waals surface area contributed by atoms with Crippen LogP contribution in [0.3, 0.4) is 0 Å². The van der Waals surface area contributed by atoms with E-state index in [9.17, 15) is 9.18 Å². The molecule has 0 aliphatic rings. The highest BCUT2D eigenvalue weighted by Crippen LogP contribution is 2.31. The van der Waals surface area contributed by atoms with Crippen molar-refractivity contribution in [2.45, 2.75) is 13.3 Å². The van der Waals surface area contributed by atoms with Crippen LogP contribution in [0.1, 0.15) is 12.5 Å². The van der Waals surface area contributed by atoms with Crippen LogP contribution in [0.4, 0.5) is 10.2 Å². The number of anilines is 1. The SMILES string of the molecule is COc1cc(F)ccc1-c1ccnc(NC(=O)C(C)Cc2ccncc2)c1. The Morgan fingerprint density at radius 1 is 1.15 bits per heavy atom. The summed E-state index contributed by atoms with van der Waals surface area (Å²) in [6.45, 7) is 1.86. The van der Waals surface area contributed by atoms with Crippen LogP contribution in [0.15, 0.2) is 61.1 Å². The number of nitrogens with one attached hydrogen (secondary N) is 1. The first kappa shape index (κ1) is 18.5. The topological polar surface area (TPSA) is 64.1 Å². The number of hydrogen-bond donors (Lipinski definition) is 1. The summed E-state index contributed by atoms with van der Waals surface area (Å²) in [5.74, 6) is 0.138. The second-order valence-electron chi connectivity index (χ2n) is 6.22. The zero-order valence-electron chi connectivity index (χ0n) is 15.1. The molecule has 0 bridgehead atoms. The molecule has 2 heterocycles. The van der Waals surface area contributed by atoms with Gasteiger partial charge in [-0.25, -0.2) is 9.37 Å². The van der Waals surface area contributed by atoms with Crippen molar-refractivity contribution in [1.29, 1.82) is 0 Å². The summed E-state index contributed by atoms with van der Waals surface area (Å²) in [6.07, 6.45) is 5.63. The summed E-state index contributed by atoms with van der Waals surface area (Å²) in [5, 5.41) is 2.84. The van der Waals surface area contributed by atoms with Gasteiger partial charge in [0.15, 0.2) is 0 Å². The Morgan fingerprint density at radius 3 is 2.67 bits per heavy atom. The molecule has 1 aromatic carbocycles. The van der Waals surface area contributed by atoms with Crippen LogP contribution in [-0.4, -0.2) is 23.0 Å². The van der Waals surface area contributed by atoms with Crippen LogP contribution in [0, 0.1) is 11.7 Å². The average molecular weight is 365 g/mol. The van der Waals surface area contributed by atoms with E-state index in [2.05, 4.69) is 15.3 Å². The van der Waals surface area contributed by atoms with E-state index in [0.29, 0.717) is 18.0 Å². The number of carbonyl (C=O) groups is 1. The lowest BCUT2D eigenvalue weighted by Gasteiger charge is -2.13. The number of nitrogens with zero attached hydrogens (tertiary/aromatic N) is 2. The summed E-state index contributed by atoms with van der Waals surface area (Å²) in [5.41, 5.74) is 2.55. The fourth-order valence-electron chi connectivity index (χ4n) is 2.78. The van der Waals surface area contributed by atoms with Crippen molar-refractivity contribution in [2.24, 2.45) is 5.92 Å². The Bertz CT molecular complexity index is 932. The zero-order valence-corrected chi connectivity index (χ0v) is 15.1. The molecule has 27 heavy (non-hydrogen) atoms. The predicted octanol–water partition coefficient (Wildman–Crippen LogP) is 4.11. The van der Waals surface area contributed by atoms with E-state index in [-0.39, 0.29) is 17.6 Å². The number of ether oxygens (including phenoxy) is 1. The predicted molar refractivity (Wildman–Crippen MR) is 102 cm³/mol. The molecular weight excluding hydrogens is 345 g/mol. The Labute approximate surface area is 157 Å². The molecule has 1 N–H and O–H groups in total. The molecule has 0 radical (unpaired) electrons. The number of rotatable bonds is 6. The minimum absolute atomic E-state index is 0.123. The maximum atomic E-state index is 13.4. The van der Waals surface area contributed by atoms with Crippen molar-refractivity contribution >= 4 is 11.7 Å². The number of amides is 1. The Balaban J connectivity index is 1.75. The zero-order chi connectivity index (χ0) is 19.2. The monoisotopic (exact) mass is 365 g/mol. The molecule has 2 aromatic heterocycles. The van der Waals surface area contributed by atoms with Crippen molar-refractivity contribution in [3.8, 4) is 16.9 Å². The van der Waals surface area contributed by atoms with Crippen molar-refractivity contribution in [2.75, 3.05) is 12.4 Å². The van der Waals surface area contributed by atoms with Crippen LogP contribution in [0.2, 0.25) is 0 Å². The van der Waals surface area contributed by atoms with Crippen LogP contribution in [0.25, 0.3) is 11.1 Å². The molecule has 3 rings (SSSR count). The van der Waals surface area contributed by atoms with E-state index in [0.717, 1.165) is 16.7 Å². The molecule has 138 valence electrons. The number of carbonyl (C=O) groups excluding carboxylic acids is 1. The van der Waals surface area contributed by atoms with Crippen molar-refractivity contribution in [3.63, 3.8) is 0 Å². The Hall–Kier alpha value is -3.28. The third-order valence-electron chi connectivity index (χ3n) is 4.22.